The minimum absolute atomic E-state index is 0.0851. The van der Waals surface area contributed by atoms with Crippen LogP contribution in [0.5, 0.6) is 5.75 Å². The SMILES string of the molecule is Cc1cc(OCC(=O)Nc2ccc(Br)cn2)cc(C)c1Cl. The summed E-state index contributed by atoms with van der Waals surface area (Å²) in [4.78, 5) is 15.9. The van der Waals surface area contributed by atoms with E-state index in [1.54, 1.807) is 30.5 Å². The van der Waals surface area contributed by atoms with E-state index in [9.17, 15) is 4.79 Å². The van der Waals surface area contributed by atoms with Crippen molar-refractivity contribution in [3.05, 3.63) is 51.1 Å². The zero-order valence-electron chi connectivity index (χ0n) is 11.6. The Morgan fingerprint density at radius 3 is 2.57 bits per heavy atom. The fraction of sp³-hybridized carbons (Fsp3) is 0.200. The molecule has 6 heteroatoms. The van der Waals surface area contributed by atoms with Crippen LogP contribution in [0, 0.1) is 13.8 Å². The number of halogens is 2. The lowest BCUT2D eigenvalue weighted by atomic mass is 10.1. The number of hydrogen-bond donors (Lipinski definition) is 1. The number of carbonyl (C=O) groups is 1. The van der Waals surface area contributed by atoms with E-state index in [2.05, 4.69) is 26.2 Å². The zero-order valence-corrected chi connectivity index (χ0v) is 14.0. The Bertz CT molecular complexity index is 636. The van der Waals surface area contributed by atoms with Gasteiger partial charge in [0, 0.05) is 15.7 Å². The molecule has 0 aliphatic rings. The van der Waals surface area contributed by atoms with Gasteiger partial charge in [-0.05, 0) is 65.2 Å². The molecule has 4 nitrogen and oxygen atoms in total. The van der Waals surface area contributed by atoms with Gasteiger partial charge in [-0.15, -0.1) is 0 Å². The van der Waals surface area contributed by atoms with Crippen LogP contribution in [-0.2, 0) is 4.79 Å². The van der Waals surface area contributed by atoms with Gasteiger partial charge in [0.1, 0.15) is 11.6 Å². The lowest BCUT2D eigenvalue weighted by Crippen LogP contribution is -2.20. The van der Waals surface area contributed by atoms with Gasteiger partial charge in [-0.2, -0.15) is 0 Å². The van der Waals surface area contributed by atoms with E-state index in [-0.39, 0.29) is 12.5 Å². The number of hydrogen-bond acceptors (Lipinski definition) is 3. The molecule has 0 bridgehead atoms. The second-order valence-electron chi connectivity index (χ2n) is 4.57. The zero-order chi connectivity index (χ0) is 15.4. The fourth-order valence-electron chi connectivity index (χ4n) is 1.77. The standard InChI is InChI=1S/C15H14BrClN2O2/c1-9-5-12(6-10(2)15(9)17)21-8-14(20)19-13-4-3-11(16)7-18-13/h3-7H,8H2,1-2H3,(H,18,19,20). The van der Waals surface area contributed by atoms with Gasteiger partial charge in [0.15, 0.2) is 6.61 Å². The van der Waals surface area contributed by atoms with Gasteiger partial charge in [0.25, 0.3) is 5.91 Å². The van der Waals surface area contributed by atoms with Crippen molar-refractivity contribution in [3.8, 4) is 5.75 Å². The average molecular weight is 370 g/mol. The van der Waals surface area contributed by atoms with Gasteiger partial charge in [-0.3, -0.25) is 4.79 Å². The molecule has 0 saturated heterocycles. The van der Waals surface area contributed by atoms with Crippen LogP contribution in [0.4, 0.5) is 5.82 Å². The van der Waals surface area contributed by atoms with Gasteiger partial charge < -0.3 is 10.1 Å². The monoisotopic (exact) mass is 368 g/mol. The number of carbonyl (C=O) groups excluding carboxylic acids is 1. The van der Waals surface area contributed by atoms with E-state index in [0.717, 1.165) is 15.6 Å². The molecule has 1 aromatic carbocycles. The van der Waals surface area contributed by atoms with Crippen molar-refractivity contribution in [3.63, 3.8) is 0 Å². The Hall–Kier alpha value is -1.59. The number of ether oxygens (including phenoxy) is 1. The molecule has 1 heterocycles. The second-order valence-corrected chi connectivity index (χ2v) is 5.86. The average Bonchev–Trinajstić information content (AvgIpc) is 2.45. The molecule has 2 rings (SSSR count). The quantitative estimate of drug-likeness (QED) is 0.881. The number of anilines is 1. The molecule has 0 spiro atoms. The van der Waals surface area contributed by atoms with Crippen LogP contribution in [0.2, 0.25) is 5.02 Å². The summed E-state index contributed by atoms with van der Waals surface area (Å²) >= 11 is 9.37. The molecule has 21 heavy (non-hydrogen) atoms. The number of rotatable bonds is 4. The highest BCUT2D eigenvalue weighted by Gasteiger charge is 2.07. The van der Waals surface area contributed by atoms with Crippen molar-refractivity contribution in [2.75, 3.05) is 11.9 Å². The first-order chi connectivity index (χ1) is 9.95. The molecule has 1 amide bonds. The molecule has 0 saturated carbocycles. The number of aryl methyl sites for hydroxylation is 2. The minimum Gasteiger partial charge on any atom is -0.484 e. The lowest BCUT2D eigenvalue weighted by molar-refractivity contribution is -0.118. The van der Waals surface area contributed by atoms with E-state index in [1.165, 1.54) is 0 Å². The van der Waals surface area contributed by atoms with Gasteiger partial charge in [0.05, 0.1) is 0 Å². The highest BCUT2D eigenvalue weighted by atomic mass is 79.9. The maximum atomic E-state index is 11.8. The lowest BCUT2D eigenvalue weighted by Gasteiger charge is -2.10. The topological polar surface area (TPSA) is 51.2 Å². The molecule has 0 unspecified atom stereocenters. The number of nitrogens with one attached hydrogen (secondary N) is 1. The van der Waals surface area contributed by atoms with Crippen LogP contribution < -0.4 is 10.1 Å². The number of nitrogens with zero attached hydrogens (tertiary/aromatic N) is 1. The Morgan fingerprint density at radius 2 is 2.00 bits per heavy atom. The van der Waals surface area contributed by atoms with Crippen LogP contribution in [0.15, 0.2) is 34.9 Å². The van der Waals surface area contributed by atoms with E-state index in [1.807, 2.05) is 13.8 Å². The van der Waals surface area contributed by atoms with E-state index >= 15 is 0 Å². The third-order valence-corrected chi connectivity index (χ3v) is 3.84. The van der Waals surface area contributed by atoms with Crippen molar-refractivity contribution < 1.29 is 9.53 Å². The van der Waals surface area contributed by atoms with Crippen LogP contribution >= 0.6 is 27.5 Å². The number of benzene rings is 1. The number of amides is 1. The van der Waals surface area contributed by atoms with Crippen LogP contribution in [0.25, 0.3) is 0 Å². The Kier molecular flexibility index (Phi) is 5.20. The summed E-state index contributed by atoms with van der Waals surface area (Å²) < 4.78 is 6.32. The van der Waals surface area contributed by atoms with Crippen LogP contribution in [-0.4, -0.2) is 17.5 Å². The first-order valence-corrected chi connectivity index (χ1v) is 7.44. The predicted molar refractivity (Wildman–Crippen MR) is 87.0 cm³/mol. The third-order valence-electron chi connectivity index (χ3n) is 2.77. The van der Waals surface area contributed by atoms with Gasteiger partial charge in [-0.1, -0.05) is 11.6 Å². The van der Waals surface area contributed by atoms with Crippen molar-refractivity contribution in [2.24, 2.45) is 0 Å². The molecule has 0 aliphatic carbocycles. The van der Waals surface area contributed by atoms with E-state index in [4.69, 9.17) is 16.3 Å². The van der Waals surface area contributed by atoms with E-state index < -0.39 is 0 Å². The summed E-state index contributed by atoms with van der Waals surface area (Å²) in [7, 11) is 0. The molecule has 1 aromatic heterocycles. The largest absolute Gasteiger partial charge is 0.484 e. The van der Waals surface area contributed by atoms with E-state index in [0.29, 0.717) is 16.6 Å². The van der Waals surface area contributed by atoms with Gasteiger partial charge in [0.2, 0.25) is 0 Å². The maximum absolute atomic E-state index is 11.8. The van der Waals surface area contributed by atoms with Crippen molar-refractivity contribution in [2.45, 2.75) is 13.8 Å². The van der Waals surface area contributed by atoms with Crippen LogP contribution in [0.3, 0.4) is 0 Å². The molecule has 1 N–H and O–H groups in total. The van der Waals surface area contributed by atoms with Crippen molar-refractivity contribution in [1.29, 1.82) is 0 Å². The first-order valence-electron chi connectivity index (χ1n) is 6.26. The Morgan fingerprint density at radius 1 is 1.33 bits per heavy atom. The summed E-state index contributed by atoms with van der Waals surface area (Å²) in [5.74, 6) is 0.832. The molecule has 0 atom stereocenters. The number of aromatic nitrogens is 1. The molecule has 0 aliphatic heterocycles. The van der Waals surface area contributed by atoms with Crippen LogP contribution in [0.1, 0.15) is 11.1 Å². The normalized spacial score (nSPS) is 10.3. The third kappa shape index (κ3) is 4.44. The second kappa shape index (κ2) is 6.91. The molecule has 2 aromatic rings. The van der Waals surface area contributed by atoms with Gasteiger partial charge in [-0.25, -0.2) is 4.98 Å². The highest BCUT2D eigenvalue weighted by molar-refractivity contribution is 9.10. The summed E-state index contributed by atoms with van der Waals surface area (Å²) in [6.45, 7) is 3.71. The molecular weight excluding hydrogens is 356 g/mol. The minimum atomic E-state index is -0.268. The summed E-state index contributed by atoms with van der Waals surface area (Å²) in [5.41, 5.74) is 1.84. The molecular formula is C15H14BrClN2O2. The molecule has 0 fully saturated rings. The van der Waals surface area contributed by atoms with Gasteiger partial charge >= 0.3 is 0 Å². The maximum Gasteiger partial charge on any atom is 0.263 e. The van der Waals surface area contributed by atoms with Crippen molar-refractivity contribution >= 4 is 39.3 Å². The first kappa shape index (κ1) is 15.8. The molecule has 0 radical (unpaired) electrons. The Labute approximate surface area is 136 Å². The Balaban J connectivity index is 1.93. The number of pyridine rings is 1. The smallest absolute Gasteiger partial charge is 0.263 e. The summed E-state index contributed by atoms with van der Waals surface area (Å²) in [6, 6.07) is 7.12. The molecule has 110 valence electrons. The highest BCUT2D eigenvalue weighted by Crippen LogP contribution is 2.25. The summed E-state index contributed by atoms with van der Waals surface area (Å²) in [6.07, 6.45) is 1.61. The fourth-order valence-corrected chi connectivity index (χ4v) is 2.11. The predicted octanol–water partition coefficient (Wildman–Crippen LogP) is 4.13. The summed E-state index contributed by atoms with van der Waals surface area (Å²) in [5, 5.41) is 3.37. The van der Waals surface area contributed by atoms with Crippen molar-refractivity contribution in [1.82, 2.24) is 4.98 Å².